The van der Waals surface area contributed by atoms with E-state index >= 15 is 0 Å². The Labute approximate surface area is 90.4 Å². The average molecular weight is 213 g/mol. The molecule has 2 nitrogen and oxygen atoms in total. The molecule has 0 aliphatic heterocycles. The summed E-state index contributed by atoms with van der Waals surface area (Å²) in [5.74, 6) is 0. The van der Waals surface area contributed by atoms with Crippen LogP contribution < -0.4 is 11.1 Å². The van der Waals surface area contributed by atoms with Crippen molar-refractivity contribution >= 4 is 23.0 Å². The lowest BCUT2D eigenvalue weighted by Gasteiger charge is -2.17. The van der Waals surface area contributed by atoms with Crippen LogP contribution in [0.3, 0.4) is 0 Å². The highest BCUT2D eigenvalue weighted by molar-refractivity contribution is 6.31. The number of benzene rings is 1. The van der Waals surface area contributed by atoms with Crippen molar-refractivity contribution in [1.29, 1.82) is 0 Å². The number of hydrogen-bond acceptors (Lipinski definition) is 2. The van der Waals surface area contributed by atoms with E-state index in [0.717, 1.165) is 18.5 Å². The maximum absolute atomic E-state index is 5.83. The normalized spacial score (nSPS) is 10.6. The molecule has 1 aromatic rings. The molecule has 1 aromatic carbocycles. The largest absolute Gasteiger partial charge is 0.397 e. The fraction of sp³-hybridized carbons (Fsp3) is 0.455. The Morgan fingerprint density at radius 2 is 2.00 bits per heavy atom. The average Bonchev–Trinajstić information content (AvgIpc) is 2.17. The van der Waals surface area contributed by atoms with Gasteiger partial charge in [0.25, 0.3) is 0 Å². The second-order valence-corrected chi connectivity index (χ2v) is 3.83. The summed E-state index contributed by atoms with van der Waals surface area (Å²) >= 11 is 5.81. The van der Waals surface area contributed by atoms with E-state index in [1.807, 2.05) is 12.1 Å². The van der Waals surface area contributed by atoms with E-state index in [2.05, 4.69) is 19.2 Å². The quantitative estimate of drug-likeness (QED) is 0.750. The molecular formula is C11H17ClN2. The molecule has 0 saturated heterocycles. The fourth-order valence-corrected chi connectivity index (χ4v) is 1.56. The molecule has 14 heavy (non-hydrogen) atoms. The van der Waals surface area contributed by atoms with E-state index in [0.29, 0.717) is 16.8 Å². The molecule has 0 fully saturated rings. The second-order valence-electron chi connectivity index (χ2n) is 3.39. The number of hydrogen-bond donors (Lipinski definition) is 2. The highest BCUT2D eigenvalue weighted by Gasteiger charge is 2.05. The number of halogens is 1. The molecule has 0 aromatic heterocycles. The van der Waals surface area contributed by atoms with Gasteiger partial charge in [-0.15, -0.1) is 0 Å². The van der Waals surface area contributed by atoms with E-state index in [1.54, 1.807) is 6.07 Å². The van der Waals surface area contributed by atoms with Crippen molar-refractivity contribution in [2.24, 2.45) is 0 Å². The van der Waals surface area contributed by atoms with Crippen molar-refractivity contribution in [3.63, 3.8) is 0 Å². The van der Waals surface area contributed by atoms with Crippen molar-refractivity contribution in [2.45, 2.75) is 32.7 Å². The van der Waals surface area contributed by atoms with Gasteiger partial charge in [-0.1, -0.05) is 25.4 Å². The van der Waals surface area contributed by atoms with Gasteiger partial charge in [0.15, 0.2) is 0 Å². The first-order chi connectivity index (χ1) is 6.67. The zero-order chi connectivity index (χ0) is 10.6. The molecule has 0 unspecified atom stereocenters. The lowest BCUT2D eigenvalue weighted by atomic mass is 10.1. The summed E-state index contributed by atoms with van der Waals surface area (Å²) in [5.41, 5.74) is 7.52. The molecule has 0 heterocycles. The van der Waals surface area contributed by atoms with Gasteiger partial charge in [-0.3, -0.25) is 0 Å². The maximum Gasteiger partial charge on any atom is 0.0577 e. The van der Waals surface area contributed by atoms with Crippen molar-refractivity contribution < 1.29 is 0 Å². The summed E-state index contributed by atoms with van der Waals surface area (Å²) in [4.78, 5) is 0. The van der Waals surface area contributed by atoms with Crippen LogP contribution in [0.5, 0.6) is 0 Å². The van der Waals surface area contributed by atoms with Gasteiger partial charge >= 0.3 is 0 Å². The van der Waals surface area contributed by atoms with Crippen LogP contribution in [0.15, 0.2) is 18.2 Å². The highest BCUT2D eigenvalue weighted by atomic mass is 35.5. The molecule has 0 atom stereocenters. The minimum Gasteiger partial charge on any atom is -0.397 e. The molecule has 0 spiro atoms. The van der Waals surface area contributed by atoms with E-state index in [-0.39, 0.29) is 0 Å². The van der Waals surface area contributed by atoms with Gasteiger partial charge in [-0.2, -0.15) is 0 Å². The van der Waals surface area contributed by atoms with Crippen molar-refractivity contribution in [3.05, 3.63) is 23.2 Å². The van der Waals surface area contributed by atoms with E-state index in [4.69, 9.17) is 17.3 Å². The van der Waals surface area contributed by atoms with Crippen LogP contribution in [0.25, 0.3) is 0 Å². The summed E-state index contributed by atoms with van der Waals surface area (Å²) in [7, 11) is 0. The topological polar surface area (TPSA) is 38.0 Å². The standard InChI is InChI=1S/C11H17ClN2/c1-3-9(4-2)14-11-6-5-8(12)7-10(11)13/h5-7,9,14H,3-4,13H2,1-2H3. The molecule has 3 N–H and O–H groups in total. The van der Waals surface area contributed by atoms with Crippen LogP contribution in [0, 0.1) is 0 Å². The highest BCUT2D eigenvalue weighted by Crippen LogP contribution is 2.24. The third-order valence-electron chi connectivity index (χ3n) is 2.36. The first-order valence-corrected chi connectivity index (χ1v) is 5.36. The van der Waals surface area contributed by atoms with Gasteiger partial charge in [0.2, 0.25) is 0 Å². The predicted molar refractivity (Wildman–Crippen MR) is 63.9 cm³/mol. The molecule has 78 valence electrons. The summed E-state index contributed by atoms with van der Waals surface area (Å²) in [6, 6.07) is 6.03. The van der Waals surface area contributed by atoms with Gasteiger partial charge < -0.3 is 11.1 Å². The van der Waals surface area contributed by atoms with Crippen LogP contribution in [-0.4, -0.2) is 6.04 Å². The van der Waals surface area contributed by atoms with Crippen LogP contribution in [0.4, 0.5) is 11.4 Å². The van der Waals surface area contributed by atoms with Gasteiger partial charge in [-0.25, -0.2) is 0 Å². The monoisotopic (exact) mass is 212 g/mol. The molecule has 0 radical (unpaired) electrons. The number of anilines is 2. The third-order valence-corrected chi connectivity index (χ3v) is 2.59. The number of nitrogens with one attached hydrogen (secondary N) is 1. The van der Waals surface area contributed by atoms with Crippen molar-refractivity contribution in [2.75, 3.05) is 11.1 Å². The van der Waals surface area contributed by atoms with Gasteiger partial charge in [0.05, 0.1) is 11.4 Å². The lowest BCUT2D eigenvalue weighted by molar-refractivity contribution is 0.672. The summed E-state index contributed by atoms with van der Waals surface area (Å²) in [6.07, 6.45) is 2.19. The molecule has 0 bridgehead atoms. The van der Waals surface area contributed by atoms with Crippen LogP contribution in [0.2, 0.25) is 5.02 Å². The predicted octanol–water partition coefficient (Wildman–Crippen LogP) is 3.52. The zero-order valence-corrected chi connectivity index (χ0v) is 9.43. The van der Waals surface area contributed by atoms with Gasteiger partial charge in [-0.05, 0) is 31.0 Å². The van der Waals surface area contributed by atoms with Gasteiger partial charge in [0, 0.05) is 11.1 Å². The van der Waals surface area contributed by atoms with Crippen LogP contribution in [0.1, 0.15) is 26.7 Å². The second kappa shape index (κ2) is 5.11. The Hall–Kier alpha value is -0.890. The Kier molecular flexibility index (Phi) is 4.08. The molecule has 3 heteroatoms. The number of nitrogens with two attached hydrogens (primary N) is 1. The smallest absolute Gasteiger partial charge is 0.0577 e. The minimum atomic E-state index is 0.485. The Bertz CT molecular complexity index is 295. The van der Waals surface area contributed by atoms with Crippen LogP contribution in [-0.2, 0) is 0 Å². The van der Waals surface area contributed by atoms with Gasteiger partial charge in [0.1, 0.15) is 0 Å². The first kappa shape index (κ1) is 11.2. The van der Waals surface area contributed by atoms with E-state index in [1.165, 1.54) is 0 Å². The Morgan fingerprint density at radius 1 is 1.36 bits per heavy atom. The van der Waals surface area contributed by atoms with E-state index < -0.39 is 0 Å². The Balaban J connectivity index is 2.76. The maximum atomic E-state index is 5.83. The summed E-state index contributed by atoms with van der Waals surface area (Å²) < 4.78 is 0. The minimum absolute atomic E-state index is 0.485. The number of rotatable bonds is 4. The molecule has 0 aliphatic rings. The number of nitrogen functional groups attached to an aromatic ring is 1. The zero-order valence-electron chi connectivity index (χ0n) is 8.68. The summed E-state index contributed by atoms with van der Waals surface area (Å²) in [6.45, 7) is 4.32. The Morgan fingerprint density at radius 3 is 2.50 bits per heavy atom. The molecule has 0 aliphatic carbocycles. The third kappa shape index (κ3) is 2.81. The summed E-state index contributed by atoms with van der Waals surface area (Å²) in [5, 5.41) is 4.07. The fourth-order valence-electron chi connectivity index (χ4n) is 1.38. The molecule has 0 amide bonds. The van der Waals surface area contributed by atoms with Crippen molar-refractivity contribution in [3.8, 4) is 0 Å². The SMILES string of the molecule is CCC(CC)Nc1ccc(Cl)cc1N. The lowest BCUT2D eigenvalue weighted by Crippen LogP contribution is -2.17. The molecular weight excluding hydrogens is 196 g/mol. The van der Waals surface area contributed by atoms with Crippen LogP contribution >= 0.6 is 11.6 Å². The first-order valence-electron chi connectivity index (χ1n) is 4.99. The van der Waals surface area contributed by atoms with E-state index in [9.17, 15) is 0 Å². The molecule has 0 saturated carbocycles. The molecule has 1 rings (SSSR count). The van der Waals surface area contributed by atoms with Crippen molar-refractivity contribution in [1.82, 2.24) is 0 Å².